The van der Waals surface area contributed by atoms with E-state index in [4.69, 9.17) is 0 Å². The second-order valence-electron chi connectivity index (χ2n) is 6.66. The molecule has 30 heavy (non-hydrogen) atoms. The fourth-order valence-electron chi connectivity index (χ4n) is 2.91. The van der Waals surface area contributed by atoms with Gasteiger partial charge < -0.3 is 16.0 Å². The standard InChI is InChI=1S/C24H23N3O3/c1-2-20(24(30)25-18-13-7-4-8-14-18)26-23(29)19-15-9-10-16-21(19)27-22(28)17-11-5-3-6-12-17/h3-16,20H,2H2,1H3,(H,25,30)(H,26,29)(H,27,28)/t20-/m0/s1. The predicted octanol–water partition coefficient (Wildman–Crippen LogP) is 4.09. The smallest absolute Gasteiger partial charge is 0.255 e. The summed E-state index contributed by atoms with van der Waals surface area (Å²) in [7, 11) is 0. The molecule has 3 rings (SSSR count). The maximum atomic E-state index is 12.9. The van der Waals surface area contributed by atoms with Gasteiger partial charge >= 0.3 is 0 Å². The van der Waals surface area contributed by atoms with E-state index in [0.717, 1.165) is 0 Å². The number of para-hydroxylation sites is 2. The first-order valence-corrected chi connectivity index (χ1v) is 9.70. The molecule has 0 saturated carbocycles. The van der Waals surface area contributed by atoms with Gasteiger partial charge in [-0.1, -0.05) is 55.5 Å². The molecule has 0 spiro atoms. The molecule has 3 amide bonds. The van der Waals surface area contributed by atoms with E-state index >= 15 is 0 Å². The highest BCUT2D eigenvalue weighted by molar-refractivity contribution is 6.09. The van der Waals surface area contributed by atoms with E-state index in [0.29, 0.717) is 23.4 Å². The highest BCUT2D eigenvalue weighted by Gasteiger charge is 2.21. The Bertz CT molecular complexity index is 1020. The van der Waals surface area contributed by atoms with E-state index in [-0.39, 0.29) is 17.4 Å². The minimum absolute atomic E-state index is 0.285. The van der Waals surface area contributed by atoms with Gasteiger partial charge in [0.2, 0.25) is 5.91 Å². The van der Waals surface area contributed by atoms with Crippen LogP contribution in [0, 0.1) is 0 Å². The third kappa shape index (κ3) is 5.32. The lowest BCUT2D eigenvalue weighted by Gasteiger charge is -2.18. The predicted molar refractivity (Wildman–Crippen MR) is 117 cm³/mol. The van der Waals surface area contributed by atoms with Gasteiger partial charge in [-0.25, -0.2) is 0 Å². The van der Waals surface area contributed by atoms with Gasteiger partial charge in [0.15, 0.2) is 0 Å². The van der Waals surface area contributed by atoms with Crippen LogP contribution >= 0.6 is 0 Å². The van der Waals surface area contributed by atoms with Crippen LogP contribution in [0.4, 0.5) is 11.4 Å². The first kappa shape index (κ1) is 20.8. The number of carbonyl (C=O) groups is 3. The van der Waals surface area contributed by atoms with Gasteiger partial charge in [-0.3, -0.25) is 14.4 Å². The van der Waals surface area contributed by atoms with Gasteiger partial charge in [-0.2, -0.15) is 0 Å². The first-order chi connectivity index (χ1) is 14.6. The molecule has 1 atom stereocenters. The van der Waals surface area contributed by atoms with Crippen molar-refractivity contribution >= 4 is 29.1 Å². The summed E-state index contributed by atoms with van der Waals surface area (Å²) in [5.41, 5.74) is 1.81. The van der Waals surface area contributed by atoms with E-state index in [1.165, 1.54) is 0 Å². The molecule has 3 N–H and O–H groups in total. The van der Waals surface area contributed by atoms with Gasteiger partial charge in [0.05, 0.1) is 11.3 Å². The largest absolute Gasteiger partial charge is 0.340 e. The van der Waals surface area contributed by atoms with Gasteiger partial charge in [0.1, 0.15) is 6.04 Å². The SMILES string of the molecule is CC[C@H](NC(=O)c1ccccc1NC(=O)c1ccccc1)C(=O)Nc1ccccc1. The Labute approximate surface area is 175 Å². The van der Waals surface area contributed by atoms with Crippen LogP contribution in [0.2, 0.25) is 0 Å². The molecule has 0 aliphatic heterocycles. The Morgan fingerprint density at radius 2 is 1.33 bits per heavy atom. The lowest BCUT2D eigenvalue weighted by molar-refractivity contribution is -0.118. The summed E-state index contributed by atoms with van der Waals surface area (Å²) in [6.45, 7) is 1.82. The number of amides is 3. The number of carbonyl (C=O) groups excluding carboxylic acids is 3. The Balaban J connectivity index is 1.71. The first-order valence-electron chi connectivity index (χ1n) is 9.70. The number of anilines is 2. The van der Waals surface area contributed by atoms with Crippen LogP contribution in [-0.2, 0) is 4.79 Å². The second kappa shape index (κ2) is 10.0. The summed E-state index contributed by atoms with van der Waals surface area (Å²) in [5.74, 6) is -1.05. The molecule has 152 valence electrons. The van der Waals surface area contributed by atoms with Gasteiger partial charge in [-0.05, 0) is 42.8 Å². The molecule has 3 aromatic rings. The Morgan fingerprint density at radius 3 is 2.00 bits per heavy atom. The quantitative estimate of drug-likeness (QED) is 0.557. The fraction of sp³-hybridized carbons (Fsp3) is 0.125. The summed E-state index contributed by atoms with van der Waals surface area (Å²) >= 11 is 0. The van der Waals surface area contributed by atoms with Crippen molar-refractivity contribution in [2.45, 2.75) is 19.4 Å². The maximum Gasteiger partial charge on any atom is 0.255 e. The van der Waals surface area contributed by atoms with Crippen molar-refractivity contribution < 1.29 is 14.4 Å². The molecule has 0 aliphatic rings. The molecule has 0 heterocycles. The molecule has 0 radical (unpaired) electrons. The monoisotopic (exact) mass is 401 g/mol. The number of nitrogens with one attached hydrogen (secondary N) is 3. The van der Waals surface area contributed by atoms with Crippen molar-refractivity contribution in [2.24, 2.45) is 0 Å². The lowest BCUT2D eigenvalue weighted by Crippen LogP contribution is -2.43. The van der Waals surface area contributed by atoms with Gasteiger partial charge in [0, 0.05) is 11.3 Å². The average Bonchev–Trinajstić information content (AvgIpc) is 2.78. The third-order valence-corrected chi connectivity index (χ3v) is 4.53. The van der Waals surface area contributed by atoms with E-state index in [1.807, 2.05) is 31.2 Å². The average molecular weight is 401 g/mol. The zero-order valence-corrected chi connectivity index (χ0v) is 16.6. The molecule has 6 heteroatoms. The zero-order valence-electron chi connectivity index (χ0n) is 16.6. The lowest BCUT2D eigenvalue weighted by atomic mass is 10.1. The molecule has 0 fully saturated rings. The Morgan fingerprint density at radius 1 is 0.733 bits per heavy atom. The van der Waals surface area contributed by atoms with Crippen LogP contribution < -0.4 is 16.0 Å². The van der Waals surface area contributed by atoms with Crippen LogP contribution in [0.1, 0.15) is 34.1 Å². The van der Waals surface area contributed by atoms with E-state index < -0.39 is 11.9 Å². The topological polar surface area (TPSA) is 87.3 Å². The minimum Gasteiger partial charge on any atom is -0.340 e. The Kier molecular flexibility index (Phi) is 6.95. The molecule has 3 aromatic carbocycles. The molecule has 0 unspecified atom stereocenters. The maximum absolute atomic E-state index is 12.9. The highest BCUT2D eigenvalue weighted by Crippen LogP contribution is 2.17. The number of hydrogen-bond acceptors (Lipinski definition) is 3. The van der Waals surface area contributed by atoms with E-state index in [2.05, 4.69) is 16.0 Å². The Hall–Kier alpha value is -3.93. The molecular formula is C24H23N3O3. The van der Waals surface area contributed by atoms with E-state index in [1.54, 1.807) is 60.7 Å². The number of hydrogen-bond donors (Lipinski definition) is 3. The third-order valence-electron chi connectivity index (χ3n) is 4.53. The van der Waals surface area contributed by atoms with Crippen molar-refractivity contribution in [3.63, 3.8) is 0 Å². The highest BCUT2D eigenvalue weighted by atomic mass is 16.2. The molecule has 0 aliphatic carbocycles. The van der Waals surface area contributed by atoms with E-state index in [9.17, 15) is 14.4 Å². The summed E-state index contributed by atoms with van der Waals surface area (Å²) in [5, 5.41) is 8.32. The molecule has 0 bridgehead atoms. The van der Waals surface area contributed by atoms with Crippen LogP contribution in [-0.4, -0.2) is 23.8 Å². The molecule has 0 saturated heterocycles. The normalized spacial score (nSPS) is 11.2. The van der Waals surface area contributed by atoms with Crippen LogP contribution in [0.5, 0.6) is 0 Å². The van der Waals surface area contributed by atoms with Gasteiger partial charge in [0.25, 0.3) is 11.8 Å². The molecular weight excluding hydrogens is 378 g/mol. The summed E-state index contributed by atoms with van der Waals surface area (Å²) in [6.07, 6.45) is 0.420. The van der Waals surface area contributed by atoms with Crippen molar-refractivity contribution in [2.75, 3.05) is 10.6 Å². The number of benzene rings is 3. The van der Waals surface area contributed by atoms with Crippen molar-refractivity contribution in [1.82, 2.24) is 5.32 Å². The number of rotatable bonds is 7. The van der Waals surface area contributed by atoms with Crippen molar-refractivity contribution in [3.8, 4) is 0 Å². The summed E-state index contributed by atoms with van der Waals surface area (Å²) in [6, 6.07) is 23.8. The minimum atomic E-state index is -0.712. The van der Waals surface area contributed by atoms with Crippen molar-refractivity contribution in [1.29, 1.82) is 0 Å². The second-order valence-corrected chi connectivity index (χ2v) is 6.66. The van der Waals surface area contributed by atoms with Crippen LogP contribution in [0.25, 0.3) is 0 Å². The van der Waals surface area contributed by atoms with Crippen LogP contribution in [0.3, 0.4) is 0 Å². The fourth-order valence-corrected chi connectivity index (χ4v) is 2.91. The zero-order chi connectivity index (χ0) is 21.3. The van der Waals surface area contributed by atoms with Crippen molar-refractivity contribution in [3.05, 3.63) is 96.1 Å². The van der Waals surface area contributed by atoms with Gasteiger partial charge in [-0.15, -0.1) is 0 Å². The van der Waals surface area contributed by atoms with Crippen LogP contribution in [0.15, 0.2) is 84.9 Å². The molecule has 6 nitrogen and oxygen atoms in total. The molecule has 0 aromatic heterocycles. The summed E-state index contributed by atoms with van der Waals surface area (Å²) < 4.78 is 0. The summed E-state index contributed by atoms with van der Waals surface area (Å²) in [4.78, 5) is 37.9.